The minimum absolute atomic E-state index is 0.0461. The van der Waals surface area contributed by atoms with Gasteiger partial charge in [0.25, 0.3) is 5.91 Å². The molecule has 2 heterocycles. The second kappa shape index (κ2) is 10.1. The van der Waals surface area contributed by atoms with Gasteiger partial charge >= 0.3 is 0 Å². The molecule has 2 aromatic carbocycles. The molecule has 32 heavy (non-hydrogen) atoms. The van der Waals surface area contributed by atoms with E-state index in [4.69, 9.17) is 4.74 Å². The number of carbonyl (C=O) groups is 1. The van der Waals surface area contributed by atoms with Crippen LogP contribution in [0.5, 0.6) is 0 Å². The van der Waals surface area contributed by atoms with Gasteiger partial charge in [-0.2, -0.15) is 0 Å². The van der Waals surface area contributed by atoms with Gasteiger partial charge in [-0.3, -0.25) is 14.7 Å². The number of ether oxygens (including phenoxy) is 1. The summed E-state index contributed by atoms with van der Waals surface area (Å²) in [4.78, 5) is 20.1. The lowest BCUT2D eigenvalue weighted by Crippen LogP contribution is -2.61. The van der Waals surface area contributed by atoms with Gasteiger partial charge in [0.15, 0.2) is 5.60 Å². The number of nitrogens with zero attached hydrogens (tertiary/aromatic N) is 2. The molecule has 1 aromatic heterocycles. The highest BCUT2D eigenvalue weighted by atomic mass is 16.5. The van der Waals surface area contributed by atoms with E-state index in [0.29, 0.717) is 26.1 Å². The molecule has 166 valence electrons. The van der Waals surface area contributed by atoms with Gasteiger partial charge in [-0.25, -0.2) is 0 Å². The molecule has 1 aliphatic heterocycles. The summed E-state index contributed by atoms with van der Waals surface area (Å²) >= 11 is 0. The van der Waals surface area contributed by atoms with Gasteiger partial charge in [-0.15, -0.1) is 0 Å². The molecule has 1 aliphatic rings. The molecule has 0 aliphatic carbocycles. The van der Waals surface area contributed by atoms with E-state index in [1.165, 1.54) is 0 Å². The Bertz CT molecular complexity index is 1020. The normalized spacial score (nSPS) is 19.1. The maximum atomic E-state index is 13.4. The number of hydrogen-bond donors (Lipinski definition) is 1. The van der Waals surface area contributed by atoms with Crippen molar-refractivity contribution in [1.29, 1.82) is 0 Å². The summed E-state index contributed by atoms with van der Waals surface area (Å²) in [5, 5.41) is 3.10. The maximum Gasteiger partial charge on any atom is 0.254 e. The highest BCUT2D eigenvalue weighted by molar-refractivity contribution is 5.86. The molecule has 4 rings (SSSR count). The molecule has 1 N–H and O–H groups in total. The zero-order valence-corrected chi connectivity index (χ0v) is 18.8. The first kappa shape index (κ1) is 22.2. The number of hydrogen-bond acceptors (Lipinski definition) is 4. The van der Waals surface area contributed by atoms with Crippen LogP contribution >= 0.6 is 0 Å². The second-order valence-corrected chi connectivity index (χ2v) is 8.75. The smallest absolute Gasteiger partial charge is 0.254 e. The molecule has 1 amide bonds. The Morgan fingerprint density at radius 2 is 1.84 bits per heavy atom. The molecule has 3 aromatic rings. The van der Waals surface area contributed by atoms with Crippen molar-refractivity contribution in [2.24, 2.45) is 0 Å². The van der Waals surface area contributed by atoms with Gasteiger partial charge in [-0.05, 0) is 42.7 Å². The molecule has 0 radical (unpaired) electrons. The maximum absolute atomic E-state index is 13.4. The molecular weight excluding hydrogens is 398 g/mol. The first-order chi connectivity index (χ1) is 15.5. The van der Waals surface area contributed by atoms with Crippen LogP contribution in [0.15, 0.2) is 79.0 Å². The van der Waals surface area contributed by atoms with Crippen molar-refractivity contribution < 1.29 is 9.53 Å². The fourth-order valence-electron chi connectivity index (χ4n) is 4.25. The van der Waals surface area contributed by atoms with E-state index in [1.54, 1.807) is 0 Å². The van der Waals surface area contributed by atoms with Crippen LogP contribution in [0.3, 0.4) is 0 Å². The summed E-state index contributed by atoms with van der Waals surface area (Å²) in [5.41, 5.74) is 3.45. The summed E-state index contributed by atoms with van der Waals surface area (Å²) in [6.07, 6.45) is 2.33. The molecule has 0 bridgehead atoms. The van der Waals surface area contributed by atoms with E-state index in [-0.39, 0.29) is 11.9 Å². The van der Waals surface area contributed by atoms with Crippen LogP contribution < -0.4 is 5.32 Å². The number of morpholine rings is 1. The third-order valence-corrected chi connectivity index (χ3v) is 5.73. The standard InChI is InChI=1S/C27H31N3O2/c1-21(2)29-26(31)27(20-30(15-16-32-27)19-25-13-6-7-14-28-25)18-22-9-8-12-24(17-22)23-10-4-3-5-11-23/h3-14,17,21H,15-16,18-20H2,1-2H3,(H,29,31)/t27-/m0/s1. The van der Waals surface area contributed by atoms with Gasteiger partial charge in [-0.1, -0.05) is 60.7 Å². The van der Waals surface area contributed by atoms with Crippen LogP contribution in [-0.2, 0) is 22.5 Å². The van der Waals surface area contributed by atoms with Crippen molar-refractivity contribution in [2.75, 3.05) is 19.7 Å². The average Bonchev–Trinajstić information content (AvgIpc) is 2.80. The van der Waals surface area contributed by atoms with Crippen molar-refractivity contribution in [2.45, 2.75) is 38.5 Å². The Morgan fingerprint density at radius 1 is 1.06 bits per heavy atom. The lowest BCUT2D eigenvalue weighted by molar-refractivity contribution is -0.161. The van der Waals surface area contributed by atoms with E-state index < -0.39 is 5.60 Å². The molecule has 1 atom stereocenters. The van der Waals surface area contributed by atoms with Crippen LogP contribution in [0.1, 0.15) is 25.1 Å². The predicted octanol–water partition coefficient (Wildman–Crippen LogP) is 4.09. The first-order valence-electron chi connectivity index (χ1n) is 11.3. The Kier molecular flexibility index (Phi) is 6.98. The lowest BCUT2D eigenvalue weighted by atomic mass is 9.89. The van der Waals surface area contributed by atoms with Crippen LogP contribution in [0.2, 0.25) is 0 Å². The van der Waals surface area contributed by atoms with Gasteiger partial charge in [0, 0.05) is 38.3 Å². The summed E-state index contributed by atoms with van der Waals surface area (Å²) in [6, 6.07) is 24.7. The first-order valence-corrected chi connectivity index (χ1v) is 11.3. The quantitative estimate of drug-likeness (QED) is 0.615. The van der Waals surface area contributed by atoms with Gasteiger partial charge in [0.1, 0.15) is 0 Å². The fraction of sp³-hybridized carbons (Fsp3) is 0.333. The van der Waals surface area contributed by atoms with Crippen molar-refractivity contribution in [3.63, 3.8) is 0 Å². The molecule has 1 fully saturated rings. The molecule has 5 nitrogen and oxygen atoms in total. The van der Waals surface area contributed by atoms with Crippen LogP contribution in [0, 0.1) is 0 Å². The number of nitrogens with one attached hydrogen (secondary N) is 1. The van der Waals surface area contributed by atoms with Gasteiger partial charge < -0.3 is 10.1 Å². The van der Waals surface area contributed by atoms with E-state index >= 15 is 0 Å². The number of amides is 1. The number of benzene rings is 2. The van der Waals surface area contributed by atoms with Crippen LogP contribution in [-0.4, -0.2) is 47.1 Å². The predicted molar refractivity (Wildman–Crippen MR) is 127 cm³/mol. The highest BCUT2D eigenvalue weighted by Gasteiger charge is 2.44. The molecule has 1 saturated heterocycles. The van der Waals surface area contributed by atoms with Gasteiger partial charge in [0.05, 0.1) is 12.3 Å². The van der Waals surface area contributed by atoms with E-state index in [1.807, 2.05) is 56.4 Å². The van der Waals surface area contributed by atoms with E-state index in [9.17, 15) is 4.79 Å². The Balaban J connectivity index is 1.60. The SMILES string of the molecule is CC(C)NC(=O)[C@]1(Cc2cccc(-c3ccccc3)c2)CN(Cc2ccccn2)CCO1. The minimum Gasteiger partial charge on any atom is -0.362 e. The Morgan fingerprint density at radius 3 is 2.59 bits per heavy atom. The van der Waals surface area contributed by atoms with Crippen molar-refractivity contribution in [3.8, 4) is 11.1 Å². The second-order valence-electron chi connectivity index (χ2n) is 8.75. The minimum atomic E-state index is -0.938. The summed E-state index contributed by atoms with van der Waals surface area (Å²) in [5.74, 6) is -0.0525. The Labute approximate surface area is 190 Å². The molecular formula is C27H31N3O2. The van der Waals surface area contributed by atoms with Crippen LogP contribution in [0.25, 0.3) is 11.1 Å². The topological polar surface area (TPSA) is 54.5 Å². The lowest BCUT2D eigenvalue weighted by Gasteiger charge is -2.42. The third-order valence-electron chi connectivity index (χ3n) is 5.73. The Hall–Kier alpha value is -3.02. The molecule has 5 heteroatoms. The van der Waals surface area contributed by atoms with Gasteiger partial charge in [0.2, 0.25) is 0 Å². The van der Waals surface area contributed by atoms with Crippen molar-refractivity contribution >= 4 is 5.91 Å². The fourth-order valence-corrected chi connectivity index (χ4v) is 4.25. The molecule has 0 saturated carbocycles. The van der Waals surface area contributed by atoms with Crippen molar-refractivity contribution in [1.82, 2.24) is 15.2 Å². The molecule has 0 unspecified atom stereocenters. The zero-order chi connectivity index (χ0) is 22.4. The van der Waals surface area contributed by atoms with Crippen LogP contribution in [0.4, 0.5) is 0 Å². The molecule has 0 spiro atoms. The summed E-state index contributed by atoms with van der Waals surface area (Å²) in [7, 11) is 0. The third kappa shape index (κ3) is 5.42. The largest absolute Gasteiger partial charge is 0.362 e. The number of carbonyl (C=O) groups excluding carboxylic acids is 1. The zero-order valence-electron chi connectivity index (χ0n) is 18.8. The monoisotopic (exact) mass is 429 g/mol. The summed E-state index contributed by atoms with van der Waals surface area (Å²) in [6.45, 7) is 6.48. The number of aromatic nitrogens is 1. The van der Waals surface area contributed by atoms with Crippen molar-refractivity contribution in [3.05, 3.63) is 90.3 Å². The highest BCUT2D eigenvalue weighted by Crippen LogP contribution is 2.28. The van der Waals surface area contributed by atoms with E-state index in [2.05, 4.69) is 51.6 Å². The van der Waals surface area contributed by atoms with E-state index in [0.717, 1.165) is 28.9 Å². The number of rotatable bonds is 7. The summed E-state index contributed by atoms with van der Waals surface area (Å²) < 4.78 is 6.27. The average molecular weight is 430 g/mol. The number of pyridine rings is 1.